The summed E-state index contributed by atoms with van der Waals surface area (Å²) in [7, 11) is 1.58. The Bertz CT molecular complexity index is 941. The van der Waals surface area contributed by atoms with Crippen LogP contribution in [0.15, 0.2) is 42.6 Å². The molecule has 10 heteroatoms. The van der Waals surface area contributed by atoms with Crippen LogP contribution < -0.4 is 20.1 Å². The molecule has 3 aromatic rings. The molecule has 1 heterocycles. The smallest absolute Gasteiger partial charge is 0.244 e. The van der Waals surface area contributed by atoms with Gasteiger partial charge in [-0.3, -0.25) is 0 Å². The highest BCUT2D eigenvalue weighted by Crippen LogP contribution is 2.22. The van der Waals surface area contributed by atoms with Crippen LogP contribution in [-0.2, 0) is 0 Å². The standard InChI is InChI=1S/C18H16F3N5O2/c1-27-11-2-4-12(5-3-11)28-9-8-22-18-25-15(10-23-26-18)24-14-7-6-13(19)16(20)17(14)21/h2-7,10H,8-9H2,1H3,(H2,22,24,25,26). The summed E-state index contributed by atoms with van der Waals surface area (Å²) in [6, 6.07) is 8.98. The fraction of sp³-hybridized carbons (Fsp3) is 0.167. The van der Waals surface area contributed by atoms with Gasteiger partial charge in [0, 0.05) is 0 Å². The van der Waals surface area contributed by atoms with Gasteiger partial charge in [0.1, 0.15) is 18.1 Å². The normalized spacial score (nSPS) is 10.4. The van der Waals surface area contributed by atoms with E-state index in [-0.39, 0.29) is 17.5 Å². The molecule has 0 bridgehead atoms. The largest absolute Gasteiger partial charge is 0.497 e. The molecule has 0 atom stereocenters. The number of ether oxygens (including phenoxy) is 2. The maximum atomic E-state index is 13.7. The Hall–Kier alpha value is -3.56. The predicted molar refractivity (Wildman–Crippen MR) is 96.4 cm³/mol. The molecule has 2 N–H and O–H groups in total. The molecule has 0 aliphatic rings. The van der Waals surface area contributed by atoms with E-state index in [4.69, 9.17) is 9.47 Å². The molecule has 0 fully saturated rings. The molecule has 146 valence electrons. The van der Waals surface area contributed by atoms with Crippen molar-refractivity contribution in [3.8, 4) is 11.5 Å². The first-order valence-electron chi connectivity index (χ1n) is 8.18. The summed E-state index contributed by atoms with van der Waals surface area (Å²) in [5.74, 6) is -2.52. The first-order valence-corrected chi connectivity index (χ1v) is 8.18. The Morgan fingerprint density at radius 2 is 1.71 bits per heavy atom. The van der Waals surface area contributed by atoms with Gasteiger partial charge in [0.2, 0.25) is 5.95 Å². The van der Waals surface area contributed by atoms with Crippen molar-refractivity contribution in [2.45, 2.75) is 0 Å². The second-order valence-corrected chi connectivity index (χ2v) is 5.46. The molecule has 1 aromatic heterocycles. The first-order chi connectivity index (χ1) is 13.6. The van der Waals surface area contributed by atoms with Crippen LogP contribution in [0.1, 0.15) is 0 Å². The quantitative estimate of drug-likeness (QED) is 0.449. The van der Waals surface area contributed by atoms with Gasteiger partial charge >= 0.3 is 0 Å². The van der Waals surface area contributed by atoms with E-state index in [0.717, 1.165) is 17.9 Å². The minimum absolute atomic E-state index is 0.110. The maximum Gasteiger partial charge on any atom is 0.244 e. The van der Waals surface area contributed by atoms with Crippen LogP contribution in [0.3, 0.4) is 0 Å². The van der Waals surface area contributed by atoms with Gasteiger partial charge in [-0.25, -0.2) is 13.2 Å². The summed E-state index contributed by atoms with van der Waals surface area (Å²) < 4.78 is 50.6. The number of aromatic nitrogens is 3. The summed E-state index contributed by atoms with van der Waals surface area (Å²) in [5.41, 5.74) is -0.270. The molecule has 0 saturated heterocycles. The van der Waals surface area contributed by atoms with Gasteiger partial charge < -0.3 is 20.1 Å². The van der Waals surface area contributed by atoms with Gasteiger partial charge in [-0.1, -0.05) is 0 Å². The fourth-order valence-corrected chi connectivity index (χ4v) is 2.20. The van der Waals surface area contributed by atoms with E-state index in [1.54, 1.807) is 31.4 Å². The highest BCUT2D eigenvalue weighted by Gasteiger charge is 2.14. The maximum absolute atomic E-state index is 13.7. The van der Waals surface area contributed by atoms with Crippen molar-refractivity contribution in [3.63, 3.8) is 0 Å². The third-order valence-corrected chi connectivity index (χ3v) is 3.57. The lowest BCUT2D eigenvalue weighted by atomic mass is 10.3. The third-order valence-electron chi connectivity index (χ3n) is 3.57. The summed E-state index contributed by atoms with van der Waals surface area (Å²) in [5, 5.41) is 12.9. The van der Waals surface area contributed by atoms with Crippen LogP contribution in [0.5, 0.6) is 11.5 Å². The van der Waals surface area contributed by atoms with E-state index < -0.39 is 17.5 Å². The Labute approximate surface area is 158 Å². The van der Waals surface area contributed by atoms with Crippen molar-refractivity contribution >= 4 is 17.5 Å². The predicted octanol–water partition coefficient (Wildman–Crippen LogP) is 3.53. The Morgan fingerprint density at radius 3 is 2.46 bits per heavy atom. The molecule has 0 aliphatic carbocycles. The van der Waals surface area contributed by atoms with Gasteiger partial charge in [0.05, 0.1) is 25.5 Å². The van der Waals surface area contributed by atoms with Crippen molar-refractivity contribution in [2.24, 2.45) is 0 Å². The number of hydrogen-bond donors (Lipinski definition) is 2. The van der Waals surface area contributed by atoms with Gasteiger partial charge in [-0.2, -0.15) is 10.1 Å². The average Bonchev–Trinajstić information content (AvgIpc) is 2.72. The van der Waals surface area contributed by atoms with Crippen LogP contribution in [0.2, 0.25) is 0 Å². The van der Waals surface area contributed by atoms with Crippen LogP contribution >= 0.6 is 0 Å². The summed E-state index contributed by atoms with van der Waals surface area (Å²) in [6.07, 6.45) is 1.22. The molecular weight excluding hydrogens is 375 g/mol. The zero-order valence-electron chi connectivity index (χ0n) is 14.7. The molecule has 0 unspecified atom stereocenters. The van der Waals surface area contributed by atoms with Gasteiger partial charge in [-0.05, 0) is 36.4 Å². The highest BCUT2D eigenvalue weighted by atomic mass is 19.2. The van der Waals surface area contributed by atoms with Crippen LogP contribution in [0, 0.1) is 17.5 Å². The molecule has 28 heavy (non-hydrogen) atoms. The number of halogens is 3. The molecule has 0 amide bonds. The Kier molecular flexibility index (Phi) is 6.10. The lowest BCUT2D eigenvalue weighted by molar-refractivity contribution is 0.331. The molecule has 0 radical (unpaired) electrons. The lowest BCUT2D eigenvalue weighted by Crippen LogP contribution is -2.14. The topological polar surface area (TPSA) is 81.2 Å². The van der Waals surface area contributed by atoms with Crippen molar-refractivity contribution in [2.75, 3.05) is 30.9 Å². The molecule has 0 saturated carbocycles. The van der Waals surface area contributed by atoms with E-state index >= 15 is 0 Å². The molecular formula is C18H16F3N5O2. The zero-order valence-corrected chi connectivity index (χ0v) is 14.7. The zero-order chi connectivity index (χ0) is 19.9. The fourth-order valence-electron chi connectivity index (χ4n) is 2.20. The lowest BCUT2D eigenvalue weighted by Gasteiger charge is -2.10. The van der Waals surface area contributed by atoms with E-state index in [1.807, 2.05) is 0 Å². The number of hydrogen-bond acceptors (Lipinski definition) is 7. The van der Waals surface area contributed by atoms with Crippen LogP contribution in [0.25, 0.3) is 0 Å². The molecule has 3 rings (SSSR count). The Morgan fingerprint density at radius 1 is 0.964 bits per heavy atom. The van der Waals surface area contributed by atoms with Gasteiger partial charge in [-0.15, -0.1) is 5.10 Å². The third kappa shape index (κ3) is 4.78. The number of anilines is 3. The molecule has 0 aliphatic heterocycles. The van der Waals surface area contributed by atoms with Crippen molar-refractivity contribution in [3.05, 3.63) is 60.0 Å². The number of benzene rings is 2. The average molecular weight is 391 g/mol. The minimum Gasteiger partial charge on any atom is -0.497 e. The molecule has 2 aromatic carbocycles. The van der Waals surface area contributed by atoms with Crippen LogP contribution in [0.4, 0.5) is 30.6 Å². The number of nitrogens with zero attached hydrogens (tertiary/aromatic N) is 3. The number of nitrogens with one attached hydrogen (secondary N) is 2. The molecule has 0 spiro atoms. The minimum atomic E-state index is -1.57. The van der Waals surface area contributed by atoms with Crippen LogP contribution in [-0.4, -0.2) is 35.4 Å². The Balaban J connectivity index is 1.54. The summed E-state index contributed by atoms with van der Waals surface area (Å²) in [6.45, 7) is 0.696. The van der Waals surface area contributed by atoms with E-state index in [2.05, 4.69) is 25.8 Å². The summed E-state index contributed by atoms with van der Waals surface area (Å²) in [4.78, 5) is 4.08. The van der Waals surface area contributed by atoms with Crippen molar-refractivity contribution in [1.29, 1.82) is 0 Å². The van der Waals surface area contributed by atoms with E-state index in [1.165, 1.54) is 6.20 Å². The SMILES string of the molecule is COc1ccc(OCCNc2nncc(Nc3ccc(F)c(F)c3F)n2)cc1. The van der Waals surface area contributed by atoms with Crippen molar-refractivity contribution < 1.29 is 22.6 Å². The molecule has 7 nitrogen and oxygen atoms in total. The second-order valence-electron chi connectivity index (χ2n) is 5.46. The van der Waals surface area contributed by atoms with E-state index in [0.29, 0.717) is 18.9 Å². The monoisotopic (exact) mass is 391 g/mol. The highest BCUT2D eigenvalue weighted by molar-refractivity contribution is 5.57. The van der Waals surface area contributed by atoms with E-state index in [9.17, 15) is 13.2 Å². The van der Waals surface area contributed by atoms with Crippen molar-refractivity contribution in [1.82, 2.24) is 15.2 Å². The first kappa shape index (κ1) is 19.2. The number of methoxy groups -OCH3 is 1. The number of rotatable bonds is 8. The van der Waals surface area contributed by atoms with Gasteiger partial charge in [0.25, 0.3) is 0 Å². The summed E-state index contributed by atoms with van der Waals surface area (Å²) >= 11 is 0. The second kappa shape index (κ2) is 8.89. The van der Waals surface area contributed by atoms with Gasteiger partial charge in [0.15, 0.2) is 23.3 Å².